The van der Waals surface area contributed by atoms with Gasteiger partial charge in [0.05, 0.1) is 12.5 Å². The highest BCUT2D eigenvalue weighted by Crippen LogP contribution is 2.20. The molecule has 1 aromatic rings. The molecule has 0 aliphatic rings. The second kappa shape index (κ2) is 6.86. The number of hydrogen-bond donors (Lipinski definition) is 3. The highest BCUT2D eigenvalue weighted by atomic mass is 16.3. The summed E-state index contributed by atoms with van der Waals surface area (Å²) in [5.74, 6) is -2.53. The van der Waals surface area contributed by atoms with Crippen molar-refractivity contribution in [3.63, 3.8) is 0 Å². The molecule has 0 radical (unpaired) electrons. The van der Waals surface area contributed by atoms with Gasteiger partial charge in [-0.1, -0.05) is 30.3 Å². The third-order valence-corrected chi connectivity index (χ3v) is 2.85. The molecule has 6 heteroatoms. The van der Waals surface area contributed by atoms with Crippen LogP contribution in [0.5, 0.6) is 0 Å². The van der Waals surface area contributed by atoms with E-state index in [1.165, 1.54) is 7.05 Å². The number of carbonyl (C=O) groups excluding carboxylic acids is 2. The summed E-state index contributed by atoms with van der Waals surface area (Å²) in [5.41, 5.74) is 5.74. The van der Waals surface area contributed by atoms with Crippen LogP contribution in [-0.4, -0.2) is 53.2 Å². The molecule has 0 saturated heterocycles. The SMILES string of the molecule is CN(CCO)C(=O)C(O)C(C(N)=O)c1ccccc1. The molecular weight excluding hydrogens is 248 g/mol. The molecule has 104 valence electrons. The molecule has 0 aromatic heterocycles. The van der Waals surface area contributed by atoms with Crippen LogP contribution in [0.25, 0.3) is 0 Å². The van der Waals surface area contributed by atoms with E-state index in [0.717, 1.165) is 4.90 Å². The number of benzene rings is 1. The lowest BCUT2D eigenvalue weighted by molar-refractivity contribution is -0.143. The Morgan fingerprint density at radius 1 is 1.32 bits per heavy atom. The van der Waals surface area contributed by atoms with Gasteiger partial charge in [-0.3, -0.25) is 9.59 Å². The van der Waals surface area contributed by atoms with Crippen molar-refractivity contribution in [3.05, 3.63) is 35.9 Å². The molecule has 0 spiro atoms. The quantitative estimate of drug-likeness (QED) is 0.618. The Kier molecular flexibility index (Phi) is 5.47. The normalized spacial score (nSPS) is 13.6. The van der Waals surface area contributed by atoms with E-state index in [9.17, 15) is 14.7 Å². The maximum absolute atomic E-state index is 11.9. The average Bonchev–Trinajstić information content (AvgIpc) is 2.39. The minimum absolute atomic E-state index is 0.0795. The number of carbonyl (C=O) groups is 2. The Morgan fingerprint density at radius 3 is 2.37 bits per heavy atom. The predicted octanol–water partition coefficient (Wildman–Crippen LogP) is -0.933. The summed E-state index contributed by atoms with van der Waals surface area (Å²) in [7, 11) is 1.44. The number of aliphatic hydroxyl groups excluding tert-OH is 2. The van der Waals surface area contributed by atoms with Gasteiger partial charge in [0.15, 0.2) is 0 Å². The third kappa shape index (κ3) is 3.77. The molecule has 1 rings (SSSR count). The fourth-order valence-electron chi connectivity index (χ4n) is 1.79. The number of amides is 2. The van der Waals surface area contributed by atoms with Crippen LogP contribution >= 0.6 is 0 Å². The summed E-state index contributed by atoms with van der Waals surface area (Å²) in [6.45, 7) is -0.141. The van der Waals surface area contributed by atoms with E-state index < -0.39 is 23.8 Å². The second-order valence-electron chi connectivity index (χ2n) is 4.22. The first-order valence-electron chi connectivity index (χ1n) is 5.87. The maximum Gasteiger partial charge on any atom is 0.252 e. The Bertz CT molecular complexity index is 436. The van der Waals surface area contributed by atoms with Gasteiger partial charge in [-0.05, 0) is 5.56 Å². The van der Waals surface area contributed by atoms with E-state index in [4.69, 9.17) is 10.8 Å². The molecule has 0 aliphatic heterocycles. The van der Waals surface area contributed by atoms with Crippen molar-refractivity contribution in [1.29, 1.82) is 0 Å². The van der Waals surface area contributed by atoms with E-state index in [1.807, 2.05) is 0 Å². The Hall–Kier alpha value is -1.92. The van der Waals surface area contributed by atoms with Crippen LogP contribution in [0.1, 0.15) is 11.5 Å². The molecule has 0 bridgehead atoms. The first-order valence-corrected chi connectivity index (χ1v) is 5.87. The van der Waals surface area contributed by atoms with E-state index >= 15 is 0 Å². The van der Waals surface area contributed by atoms with Crippen LogP contribution in [0.2, 0.25) is 0 Å². The minimum atomic E-state index is -1.56. The van der Waals surface area contributed by atoms with Crippen LogP contribution in [0.4, 0.5) is 0 Å². The largest absolute Gasteiger partial charge is 0.395 e. The summed E-state index contributed by atoms with van der Waals surface area (Å²) in [5, 5.41) is 18.8. The average molecular weight is 266 g/mol. The van der Waals surface area contributed by atoms with Gasteiger partial charge in [0.2, 0.25) is 5.91 Å². The van der Waals surface area contributed by atoms with Crippen molar-refractivity contribution in [2.24, 2.45) is 5.73 Å². The molecule has 0 aliphatic carbocycles. The predicted molar refractivity (Wildman–Crippen MR) is 69.1 cm³/mol. The van der Waals surface area contributed by atoms with E-state index in [0.29, 0.717) is 5.56 Å². The van der Waals surface area contributed by atoms with E-state index in [2.05, 4.69) is 0 Å². The first kappa shape index (κ1) is 15.1. The molecule has 4 N–H and O–H groups in total. The van der Waals surface area contributed by atoms with Crippen molar-refractivity contribution in [1.82, 2.24) is 4.90 Å². The molecule has 2 amide bonds. The zero-order valence-electron chi connectivity index (χ0n) is 10.7. The molecule has 2 atom stereocenters. The van der Waals surface area contributed by atoms with Gasteiger partial charge in [0.25, 0.3) is 5.91 Å². The smallest absolute Gasteiger partial charge is 0.252 e. The number of hydrogen-bond acceptors (Lipinski definition) is 4. The first-order chi connectivity index (χ1) is 8.99. The summed E-state index contributed by atoms with van der Waals surface area (Å²) in [4.78, 5) is 24.5. The second-order valence-corrected chi connectivity index (χ2v) is 4.22. The van der Waals surface area contributed by atoms with Gasteiger partial charge in [-0.15, -0.1) is 0 Å². The molecule has 6 nitrogen and oxygen atoms in total. The molecular formula is C13H18N2O4. The maximum atomic E-state index is 11.9. The van der Waals surface area contributed by atoms with Gasteiger partial charge >= 0.3 is 0 Å². The Balaban J connectivity index is 2.94. The number of aliphatic hydroxyl groups is 2. The van der Waals surface area contributed by atoms with Crippen molar-refractivity contribution in [3.8, 4) is 0 Å². The molecule has 19 heavy (non-hydrogen) atoms. The van der Waals surface area contributed by atoms with E-state index in [-0.39, 0.29) is 13.2 Å². The van der Waals surface area contributed by atoms with Crippen molar-refractivity contribution < 1.29 is 19.8 Å². The lowest BCUT2D eigenvalue weighted by Gasteiger charge is -2.24. The summed E-state index contributed by atoms with van der Waals surface area (Å²) in [6, 6.07) is 8.39. The monoisotopic (exact) mass is 266 g/mol. The van der Waals surface area contributed by atoms with Crippen molar-refractivity contribution in [2.45, 2.75) is 12.0 Å². The Morgan fingerprint density at radius 2 is 1.89 bits per heavy atom. The van der Waals surface area contributed by atoms with Crippen LogP contribution in [0, 0.1) is 0 Å². The number of rotatable bonds is 6. The highest BCUT2D eigenvalue weighted by molar-refractivity contribution is 5.91. The van der Waals surface area contributed by atoms with Gasteiger partial charge in [-0.25, -0.2) is 0 Å². The topological polar surface area (TPSA) is 104 Å². The van der Waals surface area contributed by atoms with Crippen LogP contribution in [0.3, 0.4) is 0 Å². The number of nitrogens with two attached hydrogens (primary N) is 1. The van der Waals surface area contributed by atoms with E-state index in [1.54, 1.807) is 30.3 Å². The zero-order chi connectivity index (χ0) is 14.4. The fourth-order valence-corrected chi connectivity index (χ4v) is 1.79. The summed E-state index contributed by atoms with van der Waals surface area (Å²) >= 11 is 0. The van der Waals surface area contributed by atoms with Crippen LogP contribution in [0.15, 0.2) is 30.3 Å². The molecule has 0 saturated carbocycles. The number of primary amides is 1. The number of likely N-dealkylation sites (N-methyl/N-ethyl adjacent to an activating group) is 1. The molecule has 0 heterocycles. The third-order valence-electron chi connectivity index (χ3n) is 2.85. The summed E-state index contributed by atoms with van der Waals surface area (Å²) < 4.78 is 0. The molecule has 0 fully saturated rings. The highest BCUT2D eigenvalue weighted by Gasteiger charge is 2.33. The molecule has 1 aromatic carbocycles. The summed E-state index contributed by atoms with van der Waals surface area (Å²) in [6.07, 6.45) is -1.56. The van der Waals surface area contributed by atoms with Crippen molar-refractivity contribution in [2.75, 3.05) is 20.2 Å². The van der Waals surface area contributed by atoms with Gasteiger partial charge in [0, 0.05) is 13.6 Å². The van der Waals surface area contributed by atoms with Gasteiger partial charge < -0.3 is 20.8 Å². The van der Waals surface area contributed by atoms with Crippen molar-refractivity contribution >= 4 is 11.8 Å². The van der Waals surface area contributed by atoms with Crippen LogP contribution in [-0.2, 0) is 9.59 Å². The molecule has 2 unspecified atom stereocenters. The van der Waals surface area contributed by atoms with Crippen LogP contribution < -0.4 is 5.73 Å². The minimum Gasteiger partial charge on any atom is -0.395 e. The van der Waals surface area contributed by atoms with Gasteiger partial charge in [0.1, 0.15) is 6.10 Å². The Labute approximate surface area is 111 Å². The lowest BCUT2D eigenvalue weighted by atomic mass is 9.92. The van der Waals surface area contributed by atoms with Gasteiger partial charge in [-0.2, -0.15) is 0 Å². The fraction of sp³-hybridized carbons (Fsp3) is 0.385. The number of nitrogens with zero attached hydrogens (tertiary/aromatic N) is 1. The zero-order valence-corrected chi connectivity index (χ0v) is 10.7. The lowest BCUT2D eigenvalue weighted by Crippen LogP contribution is -2.44. The standard InChI is InChI=1S/C13H18N2O4/c1-15(7-8-16)13(19)11(17)10(12(14)18)9-5-3-2-4-6-9/h2-6,10-11,16-17H,7-8H2,1H3,(H2,14,18).